The molecule has 0 atom stereocenters. The maximum absolute atomic E-state index is 3.90. The number of hydrogen-bond donors (Lipinski definition) is 1. The van der Waals surface area contributed by atoms with E-state index in [1.807, 2.05) is 7.05 Å². The number of aryl methyl sites for hydroxylation is 1. The molecule has 0 spiro atoms. The van der Waals surface area contributed by atoms with Crippen LogP contribution >= 0.6 is 0 Å². The van der Waals surface area contributed by atoms with Gasteiger partial charge in [0.1, 0.15) is 0 Å². The van der Waals surface area contributed by atoms with Crippen LogP contribution in [0.25, 0.3) is 0 Å². The van der Waals surface area contributed by atoms with Gasteiger partial charge in [-0.1, -0.05) is 19.1 Å². The molecule has 0 fully saturated rings. The van der Waals surface area contributed by atoms with Crippen molar-refractivity contribution in [3.63, 3.8) is 0 Å². The fourth-order valence-corrected chi connectivity index (χ4v) is 1.91. The van der Waals surface area contributed by atoms with Crippen LogP contribution < -0.4 is 5.32 Å². The highest BCUT2D eigenvalue weighted by molar-refractivity contribution is 4.92. The average Bonchev–Trinajstić information content (AvgIpc) is 2.49. The van der Waals surface area contributed by atoms with Gasteiger partial charge < -0.3 is 10.2 Å². The average molecular weight is 225 g/mol. The van der Waals surface area contributed by atoms with Gasteiger partial charge in [-0.25, -0.2) is 0 Å². The first-order valence-electron chi connectivity index (χ1n) is 5.60. The molecule has 0 saturated heterocycles. The zero-order chi connectivity index (χ0) is 12.2. The molecular formula is C11H23N5. The summed E-state index contributed by atoms with van der Waals surface area (Å²) in [7, 11) is 6.12. The van der Waals surface area contributed by atoms with Crippen LogP contribution in [0.15, 0.2) is 6.20 Å². The van der Waals surface area contributed by atoms with Gasteiger partial charge in [0.05, 0.1) is 11.9 Å². The first-order valence-corrected chi connectivity index (χ1v) is 5.60. The smallest absolute Gasteiger partial charge is 0.0738 e. The van der Waals surface area contributed by atoms with Gasteiger partial charge in [-0.05, 0) is 19.5 Å². The van der Waals surface area contributed by atoms with Gasteiger partial charge in [0.25, 0.3) is 0 Å². The Balaban J connectivity index is 2.32. The SMILES string of the molecule is CN(C)CC(C)(C)CNCc1cnnn1C. The highest BCUT2D eigenvalue weighted by atomic mass is 15.4. The van der Waals surface area contributed by atoms with Crippen molar-refractivity contribution in [3.05, 3.63) is 11.9 Å². The van der Waals surface area contributed by atoms with Crippen LogP contribution in [0.3, 0.4) is 0 Å². The quantitative estimate of drug-likeness (QED) is 0.765. The molecule has 0 aliphatic carbocycles. The van der Waals surface area contributed by atoms with Crippen molar-refractivity contribution in [1.29, 1.82) is 0 Å². The summed E-state index contributed by atoms with van der Waals surface area (Å²) in [6, 6.07) is 0. The molecule has 0 radical (unpaired) electrons. The first kappa shape index (κ1) is 13.1. The van der Waals surface area contributed by atoms with Crippen LogP contribution in [0.1, 0.15) is 19.5 Å². The van der Waals surface area contributed by atoms with Crippen LogP contribution in [0.5, 0.6) is 0 Å². The number of aromatic nitrogens is 3. The van der Waals surface area contributed by atoms with Gasteiger partial charge in [0.15, 0.2) is 0 Å². The highest BCUT2D eigenvalue weighted by Crippen LogP contribution is 2.14. The van der Waals surface area contributed by atoms with Crippen molar-refractivity contribution in [2.24, 2.45) is 12.5 Å². The highest BCUT2D eigenvalue weighted by Gasteiger charge is 2.18. The summed E-state index contributed by atoms with van der Waals surface area (Å²) in [6.45, 7) is 7.41. The molecule has 0 unspecified atom stereocenters. The van der Waals surface area contributed by atoms with E-state index in [0.29, 0.717) is 0 Å². The van der Waals surface area contributed by atoms with Crippen molar-refractivity contribution in [2.75, 3.05) is 27.2 Å². The molecule has 0 aliphatic heterocycles. The third-order valence-electron chi connectivity index (χ3n) is 2.46. The third-order valence-corrected chi connectivity index (χ3v) is 2.46. The van der Waals surface area contributed by atoms with E-state index < -0.39 is 0 Å². The Morgan fingerprint density at radius 1 is 1.44 bits per heavy atom. The Bertz CT molecular complexity index is 316. The topological polar surface area (TPSA) is 46.0 Å². The molecule has 0 bridgehead atoms. The van der Waals surface area contributed by atoms with E-state index in [1.54, 1.807) is 10.9 Å². The molecule has 0 saturated carbocycles. The molecule has 5 nitrogen and oxygen atoms in total. The standard InChI is InChI=1S/C11H23N5/c1-11(2,9-15(3)4)8-12-6-10-7-13-14-16(10)5/h7,12H,6,8-9H2,1-5H3. The second-order valence-corrected chi connectivity index (χ2v) is 5.35. The summed E-state index contributed by atoms with van der Waals surface area (Å²) in [5.74, 6) is 0. The van der Waals surface area contributed by atoms with Gasteiger partial charge in [-0.15, -0.1) is 5.10 Å². The Morgan fingerprint density at radius 3 is 2.62 bits per heavy atom. The summed E-state index contributed by atoms with van der Waals surface area (Å²) in [5, 5.41) is 11.2. The maximum atomic E-state index is 3.90. The number of hydrogen-bond acceptors (Lipinski definition) is 4. The van der Waals surface area contributed by atoms with E-state index in [1.165, 1.54) is 0 Å². The van der Waals surface area contributed by atoms with Crippen LogP contribution in [-0.4, -0.2) is 47.1 Å². The van der Waals surface area contributed by atoms with Gasteiger partial charge in [0, 0.05) is 26.7 Å². The molecule has 1 aromatic heterocycles. The second kappa shape index (κ2) is 5.41. The lowest BCUT2D eigenvalue weighted by atomic mass is 9.93. The maximum Gasteiger partial charge on any atom is 0.0738 e. The molecular weight excluding hydrogens is 202 g/mol. The van der Waals surface area contributed by atoms with Crippen LogP contribution in [-0.2, 0) is 13.6 Å². The monoisotopic (exact) mass is 225 g/mol. The molecule has 0 aromatic carbocycles. The fraction of sp³-hybridized carbons (Fsp3) is 0.818. The van der Waals surface area contributed by atoms with Crippen molar-refractivity contribution in [1.82, 2.24) is 25.2 Å². The summed E-state index contributed by atoms with van der Waals surface area (Å²) in [6.07, 6.45) is 1.80. The van der Waals surface area contributed by atoms with Crippen molar-refractivity contribution in [2.45, 2.75) is 20.4 Å². The first-order chi connectivity index (χ1) is 7.41. The normalized spacial score (nSPS) is 12.4. The minimum atomic E-state index is 0.273. The van der Waals surface area contributed by atoms with Gasteiger partial charge in [0.2, 0.25) is 0 Å². The van der Waals surface area contributed by atoms with Crippen molar-refractivity contribution in [3.8, 4) is 0 Å². The van der Waals surface area contributed by atoms with Crippen molar-refractivity contribution < 1.29 is 0 Å². The molecule has 1 N–H and O–H groups in total. The number of nitrogens with zero attached hydrogens (tertiary/aromatic N) is 4. The molecule has 0 amide bonds. The second-order valence-electron chi connectivity index (χ2n) is 5.35. The molecule has 1 rings (SSSR count). The molecule has 1 heterocycles. The lowest BCUT2D eigenvalue weighted by molar-refractivity contribution is 0.231. The summed E-state index contributed by atoms with van der Waals surface area (Å²) >= 11 is 0. The predicted octanol–water partition coefficient (Wildman–Crippen LogP) is 0.492. The summed E-state index contributed by atoms with van der Waals surface area (Å²) in [4.78, 5) is 2.22. The van der Waals surface area contributed by atoms with E-state index in [-0.39, 0.29) is 5.41 Å². The van der Waals surface area contributed by atoms with Crippen LogP contribution in [0.4, 0.5) is 0 Å². The van der Waals surface area contributed by atoms with E-state index in [4.69, 9.17) is 0 Å². The Labute approximate surface area is 97.8 Å². The number of nitrogens with one attached hydrogen (secondary N) is 1. The van der Waals surface area contributed by atoms with E-state index in [9.17, 15) is 0 Å². The summed E-state index contributed by atoms with van der Waals surface area (Å²) in [5.41, 5.74) is 1.39. The van der Waals surface area contributed by atoms with E-state index >= 15 is 0 Å². The third kappa shape index (κ3) is 4.28. The lowest BCUT2D eigenvalue weighted by Crippen LogP contribution is -2.37. The zero-order valence-corrected chi connectivity index (χ0v) is 11.0. The molecule has 5 heteroatoms. The Kier molecular flexibility index (Phi) is 4.44. The van der Waals surface area contributed by atoms with Crippen molar-refractivity contribution >= 4 is 0 Å². The van der Waals surface area contributed by atoms with Crippen LogP contribution in [0, 0.1) is 5.41 Å². The van der Waals surface area contributed by atoms with Gasteiger partial charge >= 0.3 is 0 Å². The van der Waals surface area contributed by atoms with E-state index in [2.05, 4.69) is 48.5 Å². The van der Waals surface area contributed by atoms with Crippen LogP contribution in [0.2, 0.25) is 0 Å². The molecule has 16 heavy (non-hydrogen) atoms. The van der Waals surface area contributed by atoms with Gasteiger partial charge in [-0.3, -0.25) is 4.68 Å². The molecule has 0 aliphatic rings. The molecule has 92 valence electrons. The Morgan fingerprint density at radius 2 is 2.12 bits per heavy atom. The minimum absolute atomic E-state index is 0.273. The fourth-order valence-electron chi connectivity index (χ4n) is 1.91. The lowest BCUT2D eigenvalue weighted by Gasteiger charge is -2.28. The number of rotatable bonds is 6. The predicted molar refractivity (Wildman–Crippen MR) is 65.0 cm³/mol. The Hall–Kier alpha value is -0.940. The zero-order valence-electron chi connectivity index (χ0n) is 11.0. The van der Waals surface area contributed by atoms with Gasteiger partial charge in [-0.2, -0.15) is 0 Å². The van der Waals surface area contributed by atoms with E-state index in [0.717, 1.165) is 25.3 Å². The minimum Gasteiger partial charge on any atom is -0.311 e. The largest absolute Gasteiger partial charge is 0.311 e. The summed E-state index contributed by atoms with van der Waals surface area (Å²) < 4.78 is 1.80. The molecule has 1 aromatic rings.